The highest BCUT2D eigenvalue weighted by molar-refractivity contribution is 5.69. The van der Waals surface area contributed by atoms with Crippen molar-refractivity contribution in [2.45, 2.75) is 97.8 Å². The lowest BCUT2D eigenvalue weighted by atomic mass is 9.44. The first kappa shape index (κ1) is 19.8. The maximum absolute atomic E-state index is 11.6. The first-order chi connectivity index (χ1) is 12.9. The predicted molar refractivity (Wildman–Crippen MR) is 110 cm³/mol. The normalized spacial score (nSPS) is 47.5. The van der Waals surface area contributed by atoms with Crippen molar-refractivity contribution in [1.82, 2.24) is 0 Å². The van der Waals surface area contributed by atoms with Gasteiger partial charge in [0, 0.05) is 6.42 Å². The Morgan fingerprint density at radius 1 is 0.963 bits per heavy atom. The zero-order chi connectivity index (χ0) is 19.2. The molecule has 0 saturated heterocycles. The van der Waals surface area contributed by atoms with Crippen molar-refractivity contribution < 1.29 is 9.53 Å². The zero-order valence-electron chi connectivity index (χ0n) is 18.3. The van der Waals surface area contributed by atoms with E-state index >= 15 is 0 Å². The molecule has 0 spiro atoms. The van der Waals surface area contributed by atoms with E-state index in [0.29, 0.717) is 23.2 Å². The molecule has 0 aromatic rings. The van der Waals surface area contributed by atoms with Crippen molar-refractivity contribution in [1.29, 1.82) is 0 Å². The van der Waals surface area contributed by atoms with Crippen molar-refractivity contribution in [3.8, 4) is 0 Å². The van der Waals surface area contributed by atoms with E-state index < -0.39 is 0 Å². The van der Waals surface area contributed by atoms with Gasteiger partial charge in [-0.15, -0.1) is 0 Å². The van der Waals surface area contributed by atoms with E-state index in [2.05, 4.69) is 20.8 Å². The molecule has 0 aromatic heterocycles. The minimum atomic E-state index is -0.0335. The van der Waals surface area contributed by atoms with Crippen LogP contribution >= 0.6 is 0 Å². The van der Waals surface area contributed by atoms with Gasteiger partial charge in [0.05, 0.1) is 7.11 Å². The fourth-order valence-electron chi connectivity index (χ4n) is 8.92. The molecule has 0 N–H and O–H groups in total. The minimum absolute atomic E-state index is 0.0335. The molecule has 4 saturated carbocycles. The Kier molecular flexibility index (Phi) is 5.40. The molecule has 0 unspecified atom stereocenters. The maximum atomic E-state index is 11.6. The summed E-state index contributed by atoms with van der Waals surface area (Å²) in [5.74, 6) is 5.38. The van der Waals surface area contributed by atoms with E-state index in [1.165, 1.54) is 71.3 Å². The van der Waals surface area contributed by atoms with Crippen molar-refractivity contribution in [3.63, 3.8) is 0 Å². The van der Waals surface area contributed by atoms with Crippen LogP contribution in [0.3, 0.4) is 0 Å². The van der Waals surface area contributed by atoms with Crippen LogP contribution < -0.4 is 0 Å². The number of ether oxygens (including phenoxy) is 1. The highest BCUT2D eigenvalue weighted by Gasteiger charge is 2.60. The largest absolute Gasteiger partial charge is 0.469 e. The van der Waals surface area contributed by atoms with Gasteiger partial charge < -0.3 is 4.74 Å². The van der Waals surface area contributed by atoms with Crippen LogP contribution in [0.1, 0.15) is 97.8 Å². The quantitative estimate of drug-likeness (QED) is 0.517. The lowest BCUT2D eigenvalue weighted by Crippen LogP contribution is -2.53. The summed E-state index contributed by atoms with van der Waals surface area (Å²) in [5.41, 5.74) is 1.17. The molecule has 0 bridgehead atoms. The van der Waals surface area contributed by atoms with Gasteiger partial charge in [-0.05, 0) is 104 Å². The molecule has 4 fully saturated rings. The van der Waals surface area contributed by atoms with E-state index in [0.717, 1.165) is 36.0 Å². The number of fused-ring (bicyclic) bond motifs is 5. The Hall–Kier alpha value is -0.530. The third-order valence-electron chi connectivity index (χ3n) is 10.4. The van der Waals surface area contributed by atoms with Crippen molar-refractivity contribution >= 4 is 5.97 Å². The van der Waals surface area contributed by atoms with Crippen molar-refractivity contribution in [2.75, 3.05) is 7.11 Å². The SMILES string of the molecule is COC(=O)CC[C@@H](C)[C@@H]1CC[C@@H]2[C@H]3CC[C@H]4CCCC[C@]4(C)[C@@H]3CC[C@@]21C. The Labute approximate surface area is 167 Å². The summed E-state index contributed by atoms with van der Waals surface area (Å²) in [6, 6.07) is 0. The molecular weight excluding hydrogens is 332 g/mol. The van der Waals surface area contributed by atoms with Crippen molar-refractivity contribution in [3.05, 3.63) is 0 Å². The molecule has 0 amide bonds. The van der Waals surface area contributed by atoms with E-state index in [4.69, 9.17) is 4.74 Å². The van der Waals surface area contributed by atoms with Gasteiger partial charge >= 0.3 is 5.97 Å². The number of hydrogen-bond acceptors (Lipinski definition) is 2. The summed E-state index contributed by atoms with van der Waals surface area (Å²) in [7, 11) is 1.52. The first-order valence-corrected chi connectivity index (χ1v) is 12.0. The second-order valence-electron chi connectivity index (χ2n) is 11.2. The summed E-state index contributed by atoms with van der Waals surface area (Å²) in [4.78, 5) is 11.6. The third-order valence-corrected chi connectivity index (χ3v) is 10.4. The fraction of sp³-hybridized carbons (Fsp3) is 0.960. The lowest BCUT2D eigenvalue weighted by Gasteiger charge is -2.61. The van der Waals surface area contributed by atoms with Crippen LogP contribution in [0.2, 0.25) is 0 Å². The number of carbonyl (C=O) groups excluding carboxylic acids is 1. The summed E-state index contributed by atoms with van der Waals surface area (Å²) in [5, 5.41) is 0. The van der Waals surface area contributed by atoms with E-state index in [-0.39, 0.29) is 5.97 Å². The molecule has 2 nitrogen and oxygen atoms in total. The topological polar surface area (TPSA) is 26.3 Å². The Morgan fingerprint density at radius 3 is 2.52 bits per heavy atom. The number of rotatable bonds is 4. The second kappa shape index (κ2) is 7.38. The average molecular weight is 375 g/mol. The van der Waals surface area contributed by atoms with Gasteiger partial charge in [0.15, 0.2) is 0 Å². The molecule has 154 valence electrons. The van der Waals surface area contributed by atoms with Gasteiger partial charge in [-0.25, -0.2) is 0 Å². The van der Waals surface area contributed by atoms with Crippen LogP contribution in [0.15, 0.2) is 0 Å². The Bertz CT molecular complexity index is 557. The smallest absolute Gasteiger partial charge is 0.305 e. The summed E-state index contributed by atoms with van der Waals surface area (Å²) in [6.45, 7) is 7.73. The highest BCUT2D eigenvalue weighted by atomic mass is 16.5. The third kappa shape index (κ3) is 3.18. The number of carbonyl (C=O) groups is 1. The molecule has 0 aromatic carbocycles. The van der Waals surface area contributed by atoms with Gasteiger partial charge in [0.25, 0.3) is 0 Å². The predicted octanol–water partition coefficient (Wildman–Crippen LogP) is 6.62. The van der Waals surface area contributed by atoms with Crippen LogP contribution in [0.5, 0.6) is 0 Å². The Balaban J connectivity index is 1.49. The maximum Gasteiger partial charge on any atom is 0.305 e. The van der Waals surface area contributed by atoms with Crippen LogP contribution in [-0.4, -0.2) is 13.1 Å². The molecule has 0 aliphatic heterocycles. The van der Waals surface area contributed by atoms with Crippen LogP contribution in [0, 0.1) is 46.3 Å². The summed E-state index contributed by atoms with van der Waals surface area (Å²) >= 11 is 0. The van der Waals surface area contributed by atoms with Crippen LogP contribution in [-0.2, 0) is 9.53 Å². The second-order valence-corrected chi connectivity index (χ2v) is 11.2. The first-order valence-electron chi connectivity index (χ1n) is 12.0. The van der Waals surface area contributed by atoms with Gasteiger partial charge in [-0.3, -0.25) is 4.79 Å². The van der Waals surface area contributed by atoms with Crippen LogP contribution in [0.25, 0.3) is 0 Å². The highest BCUT2D eigenvalue weighted by Crippen LogP contribution is 2.68. The molecule has 27 heavy (non-hydrogen) atoms. The molecule has 0 heterocycles. The van der Waals surface area contributed by atoms with Crippen LogP contribution in [0.4, 0.5) is 0 Å². The molecule has 2 heteroatoms. The molecule has 8 atom stereocenters. The van der Waals surface area contributed by atoms with Gasteiger partial charge in [-0.2, -0.15) is 0 Å². The monoisotopic (exact) mass is 374 g/mol. The lowest BCUT2D eigenvalue weighted by molar-refractivity contribution is -0.141. The number of hydrogen-bond donors (Lipinski definition) is 0. The van der Waals surface area contributed by atoms with E-state index in [1.54, 1.807) is 0 Å². The van der Waals surface area contributed by atoms with E-state index in [1.807, 2.05) is 0 Å². The molecule has 4 aliphatic carbocycles. The summed E-state index contributed by atoms with van der Waals surface area (Å²) < 4.78 is 4.89. The fourth-order valence-corrected chi connectivity index (χ4v) is 8.92. The van der Waals surface area contributed by atoms with Gasteiger partial charge in [0.2, 0.25) is 0 Å². The Morgan fingerprint density at radius 2 is 1.74 bits per heavy atom. The minimum Gasteiger partial charge on any atom is -0.469 e. The molecule has 0 radical (unpaired) electrons. The average Bonchev–Trinajstić information content (AvgIpc) is 3.02. The van der Waals surface area contributed by atoms with E-state index in [9.17, 15) is 4.79 Å². The zero-order valence-corrected chi connectivity index (χ0v) is 18.3. The molecule has 4 aliphatic rings. The summed E-state index contributed by atoms with van der Waals surface area (Å²) in [6.07, 6.45) is 16.4. The van der Waals surface area contributed by atoms with Gasteiger partial charge in [-0.1, -0.05) is 33.6 Å². The molecule has 4 rings (SSSR count). The number of esters is 1. The van der Waals surface area contributed by atoms with Gasteiger partial charge in [0.1, 0.15) is 0 Å². The molecular formula is C25H42O2. The van der Waals surface area contributed by atoms with Crippen molar-refractivity contribution in [2.24, 2.45) is 46.3 Å². The standard InChI is InChI=1S/C25H42O2/c1-17(8-13-23(26)27-4)20-11-12-21-19-10-9-18-7-5-6-15-24(18,2)22(19)14-16-25(20,21)3/h17-22H,5-16H2,1-4H3/t17-,18-,19-,20+,21-,22-,24+,25-/m1/s1. The number of methoxy groups -OCH3 is 1.